The molecule has 0 aliphatic rings. The maximum Gasteiger partial charge on any atom is 0.340 e. The van der Waals surface area contributed by atoms with Gasteiger partial charge in [-0.15, -0.1) is 0 Å². The van der Waals surface area contributed by atoms with Crippen LogP contribution in [0.2, 0.25) is 0 Å². The van der Waals surface area contributed by atoms with Crippen molar-refractivity contribution in [1.29, 1.82) is 0 Å². The van der Waals surface area contributed by atoms with Gasteiger partial charge in [-0.05, 0) is 30.2 Å². The van der Waals surface area contributed by atoms with Crippen molar-refractivity contribution >= 4 is 38.5 Å². The highest BCUT2D eigenvalue weighted by Gasteiger charge is 2.24. The molecule has 152 valence electrons. The quantitative estimate of drug-likeness (QED) is 0.579. The molecule has 0 aliphatic heterocycles. The van der Waals surface area contributed by atoms with E-state index in [1.807, 2.05) is 19.1 Å². The highest BCUT2D eigenvalue weighted by Crippen LogP contribution is 2.24. The van der Waals surface area contributed by atoms with E-state index in [1.165, 1.54) is 17.9 Å². The summed E-state index contributed by atoms with van der Waals surface area (Å²) in [5.74, 6) is -1.05. The minimum absolute atomic E-state index is 0.245. The number of hydrogen-bond acceptors (Lipinski definition) is 5. The number of esters is 1. The molecule has 0 radical (unpaired) electrons. The van der Waals surface area contributed by atoms with Gasteiger partial charge in [-0.1, -0.05) is 37.3 Å². The molecule has 0 saturated heterocycles. The molecule has 1 aromatic heterocycles. The number of carbonyl (C=O) groups excluding carboxylic acids is 2. The molecule has 29 heavy (non-hydrogen) atoms. The number of ether oxygens (including phenoxy) is 1. The third-order valence-electron chi connectivity index (χ3n) is 4.70. The highest BCUT2D eigenvalue weighted by molar-refractivity contribution is 7.92. The number of para-hydroxylation sites is 1. The Balaban J connectivity index is 2.01. The molecule has 8 heteroatoms. The minimum atomic E-state index is -3.70. The topological polar surface area (TPSA) is 85.7 Å². The van der Waals surface area contributed by atoms with Crippen LogP contribution in [0, 0.1) is 0 Å². The second kappa shape index (κ2) is 8.08. The van der Waals surface area contributed by atoms with E-state index in [9.17, 15) is 18.0 Å². The molecule has 0 spiro atoms. The molecule has 3 rings (SSSR count). The van der Waals surface area contributed by atoms with Crippen molar-refractivity contribution in [3.05, 3.63) is 65.9 Å². The molecule has 0 unspecified atom stereocenters. The maximum atomic E-state index is 13.0. The highest BCUT2D eigenvalue weighted by atomic mass is 32.2. The third-order valence-corrected chi connectivity index (χ3v) is 5.84. The van der Waals surface area contributed by atoms with Gasteiger partial charge in [-0.2, -0.15) is 0 Å². The Labute approximate surface area is 169 Å². The standard InChI is InChI=1S/C21H22N2O5S/c1-4-15-9-11-16(12-10-15)23(29(3,26)27)14-20(24)22-13-18(21(25)28-2)17-7-5-6-8-19(17)22/h5-13H,4,14H2,1-3H3. The molecule has 0 saturated carbocycles. The van der Waals surface area contributed by atoms with Gasteiger partial charge in [-0.3, -0.25) is 13.7 Å². The average molecular weight is 414 g/mol. The van der Waals surface area contributed by atoms with Crippen molar-refractivity contribution < 1.29 is 22.7 Å². The van der Waals surface area contributed by atoms with Gasteiger partial charge < -0.3 is 4.74 Å². The second-order valence-corrected chi connectivity index (χ2v) is 8.51. The fourth-order valence-corrected chi connectivity index (χ4v) is 4.01. The Morgan fingerprint density at radius 2 is 1.72 bits per heavy atom. The number of rotatable bonds is 6. The number of benzene rings is 2. The fraction of sp³-hybridized carbons (Fsp3) is 0.238. The zero-order valence-corrected chi connectivity index (χ0v) is 17.3. The van der Waals surface area contributed by atoms with Crippen LogP contribution in [0.1, 0.15) is 27.6 Å². The second-order valence-electron chi connectivity index (χ2n) is 6.60. The van der Waals surface area contributed by atoms with Crippen LogP contribution < -0.4 is 4.31 Å². The molecule has 2 aromatic carbocycles. The van der Waals surface area contributed by atoms with Crippen LogP contribution in [0.15, 0.2) is 54.7 Å². The summed E-state index contributed by atoms with van der Waals surface area (Å²) in [7, 11) is -2.44. The summed E-state index contributed by atoms with van der Waals surface area (Å²) in [5, 5.41) is 0.561. The van der Waals surface area contributed by atoms with Crippen LogP contribution in [0.25, 0.3) is 10.9 Å². The van der Waals surface area contributed by atoms with Crippen LogP contribution in [0.5, 0.6) is 0 Å². The van der Waals surface area contributed by atoms with E-state index < -0.39 is 28.4 Å². The molecule has 0 amide bonds. The van der Waals surface area contributed by atoms with E-state index in [4.69, 9.17) is 4.74 Å². The predicted octanol–water partition coefficient (Wildman–Crippen LogP) is 3.10. The zero-order valence-electron chi connectivity index (χ0n) is 16.5. The Hall–Kier alpha value is -3.13. The molecule has 0 fully saturated rings. The smallest absolute Gasteiger partial charge is 0.340 e. The van der Waals surface area contributed by atoms with Crippen LogP contribution in [-0.4, -0.2) is 44.8 Å². The zero-order chi connectivity index (χ0) is 21.2. The van der Waals surface area contributed by atoms with Gasteiger partial charge in [0.15, 0.2) is 0 Å². The third kappa shape index (κ3) is 4.17. The van der Waals surface area contributed by atoms with Crippen molar-refractivity contribution in [2.24, 2.45) is 0 Å². The largest absolute Gasteiger partial charge is 0.465 e. The van der Waals surface area contributed by atoms with E-state index in [0.717, 1.165) is 22.5 Å². The molecular weight excluding hydrogens is 392 g/mol. The monoisotopic (exact) mass is 414 g/mol. The summed E-state index contributed by atoms with van der Waals surface area (Å²) in [6.07, 6.45) is 3.27. The fourth-order valence-electron chi connectivity index (χ4n) is 3.16. The lowest BCUT2D eigenvalue weighted by Crippen LogP contribution is -2.36. The molecular formula is C21H22N2O5S. The predicted molar refractivity (Wildman–Crippen MR) is 112 cm³/mol. The number of anilines is 1. The first-order valence-corrected chi connectivity index (χ1v) is 10.9. The normalized spacial score (nSPS) is 11.4. The van der Waals surface area contributed by atoms with Gasteiger partial charge in [0.1, 0.15) is 6.54 Å². The number of hydrogen-bond donors (Lipinski definition) is 0. The summed E-state index contributed by atoms with van der Waals surface area (Å²) in [5.41, 5.74) is 2.22. The SMILES string of the molecule is CCc1ccc(N(CC(=O)n2cc(C(=O)OC)c3ccccc32)S(C)(=O)=O)cc1. The molecule has 7 nitrogen and oxygen atoms in total. The van der Waals surface area contributed by atoms with Gasteiger partial charge in [0.2, 0.25) is 10.0 Å². The summed E-state index contributed by atoms with van der Waals surface area (Å²) in [4.78, 5) is 25.1. The Morgan fingerprint density at radius 1 is 1.07 bits per heavy atom. The molecule has 0 atom stereocenters. The molecule has 3 aromatic rings. The lowest BCUT2D eigenvalue weighted by Gasteiger charge is -2.22. The minimum Gasteiger partial charge on any atom is -0.465 e. The lowest BCUT2D eigenvalue weighted by molar-refractivity contribution is 0.0603. The van der Waals surface area contributed by atoms with Gasteiger partial charge in [0.25, 0.3) is 5.91 Å². The Bertz CT molecular complexity index is 1160. The first-order valence-electron chi connectivity index (χ1n) is 9.04. The molecule has 1 heterocycles. The van der Waals surface area contributed by atoms with Gasteiger partial charge in [0, 0.05) is 11.6 Å². The van der Waals surface area contributed by atoms with Gasteiger partial charge in [-0.25, -0.2) is 13.2 Å². The van der Waals surface area contributed by atoms with E-state index >= 15 is 0 Å². The number of methoxy groups -OCH3 is 1. The van der Waals surface area contributed by atoms with E-state index in [0.29, 0.717) is 16.6 Å². The lowest BCUT2D eigenvalue weighted by atomic mass is 10.1. The van der Waals surface area contributed by atoms with Crippen molar-refractivity contribution in [2.45, 2.75) is 13.3 Å². The summed E-state index contributed by atoms with van der Waals surface area (Å²) in [6.45, 7) is 1.60. The van der Waals surface area contributed by atoms with Gasteiger partial charge >= 0.3 is 5.97 Å². The molecule has 0 aliphatic carbocycles. The molecule has 0 bridgehead atoms. The van der Waals surface area contributed by atoms with Crippen molar-refractivity contribution in [3.8, 4) is 0 Å². The average Bonchev–Trinajstić information content (AvgIpc) is 3.10. The Morgan fingerprint density at radius 3 is 2.31 bits per heavy atom. The number of nitrogens with zero attached hydrogens (tertiary/aromatic N) is 2. The van der Waals surface area contributed by atoms with Crippen LogP contribution >= 0.6 is 0 Å². The van der Waals surface area contributed by atoms with E-state index in [1.54, 1.807) is 36.4 Å². The van der Waals surface area contributed by atoms with Crippen LogP contribution in [0.3, 0.4) is 0 Å². The number of aromatic nitrogens is 1. The summed E-state index contributed by atoms with van der Waals surface area (Å²) >= 11 is 0. The first-order chi connectivity index (χ1) is 13.8. The van der Waals surface area contributed by atoms with Crippen molar-refractivity contribution in [2.75, 3.05) is 24.2 Å². The number of sulfonamides is 1. The first kappa shape index (κ1) is 20.6. The van der Waals surface area contributed by atoms with E-state index in [2.05, 4.69) is 0 Å². The number of aryl methyl sites for hydroxylation is 1. The summed E-state index contributed by atoms with van der Waals surface area (Å²) in [6, 6.07) is 13.9. The molecule has 0 N–H and O–H groups in total. The Kier molecular flexibility index (Phi) is 5.74. The van der Waals surface area contributed by atoms with Crippen molar-refractivity contribution in [3.63, 3.8) is 0 Å². The number of fused-ring (bicyclic) bond motifs is 1. The van der Waals surface area contributed by atoms with E-state index in [-0.39, 0.29) is 5.56 Å². The summed E-state index contributed by atoms with van der Waals surface area (Å²) < 4.78 is 31.9. The number of carbonyl (C=O) groups is 2. The maximum absolute atomic E-state index is 13.0. The van der Waals surface area contributed by atoms with Crippen LogP contribution in [-0.2, 0) is 21.2 Å². The van der Waals surface area contributed by atoms with Crippen molar-refractivity contribution in [1.82, 2.24) is 4.57 Å². The van der Waals surface area contributed by atoms with Crippen LogP contribution in [0.4, 0.5) is 5.69 Å². The van der Waals surface area contributed by atoms with Gasteiger partial charge in [0.05, 0.1) is 30.1 Å².